The number of nitrogens with one attached hydrogen (secondary N) is 1. The molecule has 4 nitrogen and oxygen atoms in total. The standard InChI is InChI=1S/C14H21FN2O2S/c1-3-16-20(18,19)13-6-7-17(10-13)9-12-4-5-14(15)11(2)8-12/h4-5,8,13,16H,3,6-7,9-10H2,1-2H3/t13-/m1/s1. The molecule has 0 spiro atoms. The molecule has 6 heteroatoms. The molecule has 0 radical (unpaired) electrons. The van der Waals surface area contributed by atoms with Gasteiger partial charge in [0.05, 0.1) is 5.25 Å². The Morgan fingerprint density at radius 3 is 2.85 bits per heavy atom. The lowest BCUT2D eigenvalue weighted by Crippen LogP contribution is -2.36. The molecule has 1 aromatic rings. The van der Waals surface area contributed by atoms with Crippen LogP contribution in [0.15, 0.2) is 18.2 Å². The minimum Gasteiger partial charge on any atom is -0.298 e. The second-order valence-electron chi connectivity index (χ2n) is 5.27. The molecule has 20 heavy (non-hydrogen) atoms. The lowest BCUT2D eigenvalue weighted by molar-refractivity contribution is 0.331. The van der Waals surface area contributed by atoms with E-state index in [4.69, 9.17) is 0 Å². The maximum Gasteiger partial charge on any atom is 0.215 e. The summed E-state index contributed by atoms with van der Waals surface area (Å²) in [7, 11) is -3.20. The zero-order chi connectivity index (χ0) is 14.8. The van der Waals surface area contributed by atoms with Crippen LogP contribution in [0.5, 0.6) is 0 Å². The Morgan fingerprint density at radius 2 is 2.20 bits per heavy atom. The molecule has 0 saturated carbocycles. The molecule has 1 saturated heterocycles. The van der Waals surface area contributed by atoms with Gasteiger partial charge in [-0.1, -0.05) is 19.1 Å². The number of nitrogens with zero attached hydrogens (tertiary/aromatic N) is 1. The van der Waals surface area contributed by atoms with Crippen LogP contribution in [-0.2, 0) is 16.6 Å². The lowest BCUT2D eigenvalue weighted by Gasteiger charge is -2.16. The molecule has 1 aliphatic heterocycles. The van der Waals surface area contributed by atoms with E-state index in [0.29, 0.717) is 31.6 Å². The predicted octanol–water partition coefficient (Wildman–Crippen LogP) is 1.65. The molecule has 1 atom stereocenters. The van der Waals surface area contributed by atoms with Crippen molar-refractivity contribution in [3.05, 3.63) is 35.1 Å². The van der Waals surface area contributed by atoms with E-state index in [0.717, 1.165) is 12.1 Å². The van der Waals surface area contributed by atoms with Crippen molar-refractivity contribution in [2.75, 3.05) is 19.6 Å². The smallest absolute Gasteiger partial charge is 0.215 e. The van der Waals surface area contributed by atoms with E-state index < -0.39 is 10.0 Å². The van der Waals surface area contributed by atoms with E-state index in [9.17, 15) is 12.8 Å². The van der Waals surface area contributed by atoms with E-state index in [1.165, 1.54) is 6.07 Å². The maximum absolute atomic E-state index is 13.2. The summed E-state index contributed by atoms with van der Waals surface area (Å²) in [5, 5.41) is -0.344. The average molecular weight is 300 g/mol. The van der Waals surface area contributed by atoms with Crippen LogP contribution in [0.25, 0.3) is 0 Å². The monoisotopic (exact) mass is 300 g/mol. The molecule has 0 bridgehead atoms. The molecule has 1 aliphatic rings. The van der Waals surface area contributed by atoms with Crippen molar-refractivity contribution in [1.29, 1.82) is 0 Å². The summed E-state index contributed by atoms with van der Waals surface area (Å²) in [5.74, 6) is -0.206. The highest BCUT2D eigenvalue weighted by atomic mass is 32.2. The molecule has 112 valence electrons. The normalized spacial score (nSPS) is 20.4. The van der Waals surface area contributed by atoms with Gasteiger partial charge in [0.25, 0.3) is 0 Å². The topological polar surface area (TPSA) is 49.4 Å². The lowest BCUT2D eigenvalue weighted by atomic mass is 10.1. The molecule has 1 N–H and O–H groups in total. The zero-order valence-corrected chi connectivity index (χ0v) is 12.7. The number of halogens is 1. The molecule has 0 aliphatic carbocycles. The van der Waals surface area contributed by atoms with E-state index in [2.05, 4.69) is 9.62 Å². The first-order valence-corrected chi connectivity index (χ1v) is 8.43. The highest BCUT2D eigenvalue weighted by molar-refractivity contribution is 7.90. The van der Waals surface area contributed by atoms with Gasteiger partial charge in [0, 0.05) is 19.6 Å². The van der Waals surface area contributed by atoms with E-state index >= 15 is 0 Å². The van der Waals surface area contributed by atoms with Gasteiger partial charge in [0.1, 0.15) is 5.82 Å². The van der Waals surface area contributed by atoms with Gasteiger partial charge in [-0.05, 0) is 37.1 Å². The number of hydrogen-bond acceptors (Lipinski definition) is 3. The van der Waals surface area contributed by atoms with Gasteiger partial charge >= 0.3 is 0 Å². The zero-order valence-electron chi connectivity index (χ0n) is 11.9. The largest absolute Gasteiger partial charge is 0.298 e. The number of sulfonamides is 1. The number of rotatable bonds is 5. The van der Waals surface area contributed by atoms with Crippen LogP contribution >= 0.6 is 0 Å². The molecule has 1 fully saturated rings. The summed E-state index contributed by atoms with van der Waals surface area (Å²) in [5.41, 5.74) is 1.64. The average Bonchev–Trinajstić information content (AvgIpc) is 2.83. The molecular weight excluding hydrogens is 279 g/mol. The van der Waals surface area contributed by atoms with Gasteiger partial charge in [0.15, 0.2) is 0 Å². The van der Waals surface area contributed by atoms with Crippen molar-refractivity contribution in [2.45, 2.75) is 32.1 Å². The number of likely N-dealkylation sites (tertiary alicyclic amines) is 1. The van der Waals surface area contributed by atoms with Crippen LogP contribution in [-0.4, -0.2) is 38.2 Å². The molecule has 1 aromatic carbocycles. The summed E-state index contributed by atoms with van der Waals surface area (Å²) in [4.78, 5) is 2.10. The molecule has 0 aromatic heterocycles. The Bertz CT molecular complexity index is 575. The fourth-order valence-electron chi connectivity index (χ4n) is 2.58. The SMILES string of the molecule is CCNS(=O)(=O)[C@@H]1CCN(Cc2ccc(F)c(C)c2)C1. The van der Waals surface area contributed by atoms with E-state index in [-0.39, 0.29) is 11.1 Å². The van der Waals surface area contributed by atoms with Crippen LogP contribution in [0.3, 0.4) is 0 Å². The van der Waals surface area contributed by atoms with Crippen LogP contribution in [0.4, 0.5) is 4.39 Å². The summed E-state index contributed by atoms with van der Waals surface area (Å²) in [6.45, 7) is 5.90. The fraction of sp³-hybridized carbons (Fsp3) is 0.571. The van der Waals surface area contributed by atoms with E-state index in [1.54, 1.807) is 19.9 Å². The predicted molar refractivity (Wildman–Crippen MR) is 77.4 cm³/mol. The van der Waals surface area contributed by atoms with Crippen LogP contribution < -0.4 is 4.72 Å². The van der Waals surface area contributed by atoms with Gasteiger partial charge in [-0.15, -0.1) is 0 Å². The van der Waals surface area contributed by atoms with Crippen molar-refractivity contribution >= 4 is 10.0 Å². The first kappa shape index (κ1) is 15.4. The van der Waals surface area contributed by atoms with E-state index in [1.807, 2.05) is 6.07 Å². The third kappa shape index (κ3) is 3.56. The Balaban J connectivity index is 1.98. The molecular formula is C14H21FN2O2S. The Hall–Kier alpha value is -0.980. The summed E-state index contributed by atoms with van der Waals surface area (Å²) in [6.07, 6.45) is 0.648. The van der Waals surface area contributed by atoms with Crippen molar-refractivity contribution < 1.29 is 12.8 Å². The quantitative estimate of drug-likeness (QED) is 0.899. The van der Waals surface area contributed by atoms with Gasteiger partial charge in [-0.25, -0.2) is 17.5 Å². The van der Waals surface area contributed by atoms with Crippen LogP contribution in [0.2, 0.25) is 0 Å². The number of aryl methyl sites for hydroxylation is 1. The molecule has 1 heterocycles. The first-order valence-electron chi connectivity index (χ1n) is 6.88. The highest BCUT2D eigenvalue weighted by Crippen LogP contribution is 2.19. The second kappa shape index (κ2) is 6.20. The summed E-state index contributed by atoms with van der Waals surface area (Å²) >= 11 is 0. The van der Waals surface area contributed by atoms with Crippen molar-refractivity contribution in [1.82, 2.24) is 9.62 Å². The van der Waals surface area contributed by atoms with Crippen molar-refractivity contribution in [2.24, 2.45) is 0 Å². The van der Waals surface area contributed by atoms with Gasteiger partial charge in [-0.2, -0.15) is 0 Å². The number of hydrogen-bond donors (Lipinski definition) is 1. The van der Waals surface area contributed by atoms with Crippen LogP contribution in [0.1, 0.15) is 24.5 Å². The summed E-state index contributed by atoms with van der Waals surface area (Å²) < 4.78 is 39.7. The minimum atomic E-state index is -3.20. The molecule has 0 amide bonds. The first-order chi connectivity index (χ1) is 9.42. The van der Waals surface area contributed by atoms with Crippen LogP contribution in [0, 0.1) is 12.7 Å². The van der Waals surface area contributed by atoms with Gasteiger partial charge < -0.3 is 0 Å². The number of benzene rings is 1. The Morgan fingerprint density at radius 1 is 1.45 bits per heavy atom. The highest BCUT2D eigenvalue weighted by Gasteiger charge is 2.32. The van der Waals surface area contributed by atoms with Gasteiger partial charge in [-0.3, -0.25) is 4.90 Å². The Kier molecular flexibility index (Phi) is 4.78. The fourth-order valence-corrected chi connectivity index (χ4v) is 4.04. The molecule has 0 unspecified atom stereocenters. The Labute approximate surface area is 120 Å². The summed E-state index contributed by atoms with van der Waals surface area (Å²) in [6, 6.07) is 5.05. The maximum atomic E-state index is 13.2. The van der Waals surface area contributed by atoms with Crippen molar-refractivity contribution in [3.63, 3.8) is 0 Å². The third-order valence-corrected chi connectivity index (χ3v) is 5.60. The molecule has 2 rings (SSSR count). The third-order valence-electron chi connectivity index (χ3n) is 3.64. The minimum absolute atomic E-state index is 0.206. The van der Waals surface area contributed by atoms with Gasteiger partial charge in [0.2, 0.25) is 10.0 Å². The second-order valence-corrected chi connectivity index (χ2v) is 7.32. The van der Waals surface area contributed by atoms with Crippen molar-refractivity contribution in [3.8, 4) is 0 Å².